The zero-order chi connectivity index (χ0) is 15.9. The Morgan fingerprint density at radius 3 is 2.14 bits per heavy atom. The molecule has 0 spiro atoms. The Morgan fingerprint density at radius 1 is 1.14 bits per heavy atom. The molecule has 1 heterocycles. The Balaban J connectivity index is 3.06. The molecule has 21 heavy (non-hydrogen) atoms. The summed E-state index contributed by atoms with van der Waals surface area (Å²) in [7, 11) is 0. The average molecular weight is 375 g/mol. The molecule has 2 nitrogen and oxygen atoms in total. The van der Waals surface area contributed by atoms with E-state index in [-0.39, 0.29) is 5.54 Å². The van der Waals surface area contributed by atoms with E-state index in [4.69, 9.17) is 0 Å². The van der Waals surface area contributed by atoms with Crippen molar-refractivity contribution in [2.45, 2.75) is 65.5 Å². The van der Waals surface area contributed by atoms with Gasteiger partial charge in [0.05, 0.1) is 3.79 Å². The van der Waals surface area contributed by atoms with Gasteiger partial charge in [0, 0.05) is 16.5 Å². The van der Waals surface area contributed by atoms with Crippen LogP contribution >= 0.6 is 27.3 Å². The monoisotopic (exact) mass is 374 g/mol. The first kappa shape index (κ1) is 19.1. The van der Waals surface area contributed by atoms with E-state index in [1.807, 2.05) is 11.3 Å². The Bertz CT molecular complexity index is 397. The topological polar surface area (TPSA) is 15.3 Å². The van der Waals surface area contributed by atoms with Crippen molar-refractivity contribution in [1.82, 2.24) is 10.2 Å². The fourth-order valence-electron chi connectivity index (χ4n) is 3.62. The number of rotatable bonds is 10. The zero-order valence-electron chi connectivity index (χ0n) is 14.2. The number of halogens is 1. The quantitative estimate of drug-likeness (QED) is 0.624. The van der Waals surface area contributed by atoms with Crippen molar-refractivity contribution >= 4 is 27.3 Å². The van der Waals surface area contributed by atoms with E-state index in [9.17, 15) is 0 Å². The molecule has 0 radical (unpaired) electrons. The summed E-state index contributed by atoms with van der Waals surface area (Å²) in [5, 5.41) is 3.78. The van der Waals surface area contributed by atoms with Crippen molar-refractivity contribution in [3.05, 3.63) is 20.8 Å². The van der Waals surface area contributed by atoms with Gasteiger partial charge < -0.3 is 5.32 Å². The lowest BCUT2D eigenvalue weighted by molar-refractivity contribution is 0.0501. The third-order valence-corrected chi connectivity index (χ3v) is 6.40. The first-order chi connectivity index (χ1) is 10.1. The molecule has 0 saturated carbocycles. The summed E-state index contributed by atoms with van der Waals surface area (Å²) in [6.07, 6.45) is 3.49. The van der Waals surface area contributed by atoms with Crippen molar-refractivity contribution in [2.24, 2.45) is 0 Å². The molecule has 122 valence electrons. The fraction of sp³-hybridized carbons (Fsp3) is 0.765. The van der Waals surface area contributed by atoms with Crippen molar-refractivity contribution in [3.63, 3.8) is 0 Å². The van der Waals surface area contributed by atoms with Gasteiger partial charge in [-0.25, -0.2) is 0 Å². The van der Waals surface area contributed by atoms with Crippen LogP contribution in [0.25, 0.3) is 0 Å². The molecule has 0 saturated heterocycles. The molecule has 0 fully saturated rings. The van der Waals surface area contributed by atoms with Gasteiger partial charge in [-0.1, -0.05) is 34.6 Å². The van der Waals surface area contributed by atoms with E-state index < -0.39 is 0 Å². The van der Waals surface area contributed by atoms with E-state index in [0.717, 1.165) is 26.1 Å². The van der Waals surface area contributed by atoms with E-state index >= 15 is 0 Å². The van der Waals surface area contributed by atoms with Crippen molar-refractivity contribution in [3.8, 4) is 0 Å². The van der Waals surface area contributed by atoms with Crippen LogP contribution in [0.5, 0.6) is 0 Å². The normalized spacial score (nSPS) is 13.9. The summed E-state index contributed by atoms with van der Waals surface area (Å²) in [5.41, 5.74) is 0.246. The Morgan fingerprint density at radius 2 is 1.76 bits per heavy atom. The third-order valence-electron chi connectivity index (χ3n) is 4.75. The van der Waals surface area contributed by atoms with Gasteiger partial charge in [-0.3, -0.25) is 4.90 Å². The lowest BCUT2D eigenvalue weighted by Gasteiger charge is -2.48. The SMILES string of the molecule is CCNC(Cc1ccc(Br)s1)C(CC)(CC)N(CC)CC. The van der Waals surface area contributed by atoms with Crippen LogP contribution in [-0.2, 0) is 6.42 Å². The number of nitrogens with one attached hydrogen (secondary N) is 1. The van der Waals surface area contributed by atoms with Crippen LogP contribution < -0.4 is 5.32 Å². The van der Waals surface area contributed by atoms with Gasteiger partial charge in [-0.2, -0.15) is 0 Å². The average Bonchev–Trinajstić information content (AvgIpc) is 2.90. The van der Waals surface area contributed by atoms with E-state index in [2.05, 4.69) is 72.9 Å². The molecular formula is C17H31BrN2S. The number of hydrogen-bond acceptors (Lipinski definition) is 3. The lowest BCUT2D eigenvalue weighted by Crippen LogP contribution is -2.61. The second-order valence-corrected chi connectivity index (χ2v) is 8.05. The Labute approximate surface area is 143 Å². The Hall–Kier alpha value is 0.1000. The van der Waals surface area contributed by atoms with Crippen molar-refractivity contribution < 1.29 is 0 Å². The number of likely N-dealkylation sites (N-methyl/N-ethyl adjacent to an activating group) is 2. The smallest absolute Gasteiger partial charge is 0.0701 e. The molecule has 0 aliphatic rings. The molecule has 0 amide bonds. The Kier molecular flexibility index (Phi) is 8.47. The van der Waals surface area contributed by atoms with Gasteiger partial charge in [0.2, 0.25) is 0 Å². The highest BCUT2D eigenvalue weighted by molar-refractivity contribution is 9.11. The minimum atomic E-state index is 0.246. The highest BCUT2D eigenvalue weighted by Crippen LogP contribution is 2.32. The summed E-state index contributed by atoms with van der Waals surface area (Å²) < 4.78 is 1.23. The van der Waals surface area contributed by atoms with Crippen LogP contribution in [0.3, 0.4) is 0 Å². The summed E-state index contributed by atoms with van der Waals surface area (Å²) in [5.74, 6) is 0. The molecule has 1 unspecified atom stereocenters. The lowest BCUT2D eigenvalue weighted by atomic mass is 9.80. The zero-order valence-corrected chi connectivity index (χ0v) is 16.6. The van der Waals surface area contributed by atoms with Crippen LogP contribution in [0.2, 0.25) is 0 Å². The second kappa shape index (κ2) is 9.29. The molecule has 1 aromatic rings. The standard InChI is InChI=1S/C17H31BrN2S/c1-6-17(7-2,20(9-4)10-5)15(19-8-3)13-14-11-12-16(18)21-14/h11-12,15,19H,6-10,13H2,1-5H3. The van der Waals surface area contributed by atoms with Crippen LogP contribution in [0, 0.1) is 0 Å². The molecule has 4 heteroatoms. The minimum absolute atomic E-state index is 0.246. The predicted octanol–water partition coefficient (Wildman–Crippen LogP) is 4.93. The van der Waals surface area contributed by atoms with E-state index in [0.29, 0.717) is 6.04 Å². The predicted molar refractivity (Wildman–Crippen MR) is 99.4 cm³/mol. The van der Waals surface area contributed by atoms with Gasteiger partial charge in [0.15, 0.2) is 0 Å². The molecule has 1 N–H and O–H groups in total. The molecule has 0 aliphatic carbocycles. The molecule has 1 atom stereocenters. The maximum Gasteiger partial charge on any atom is 0.0701 e. The van der Waals surface area contributed by atoms with Crippen LogP contribution in [0.4, 0.5) is 0 Å². The minimum Gasteiger partial charge on any atom is -0.312 e. The number of thiophene rings is 1. The number of nitrogens with zero attached hydrogens (tertiary/aromatic N) is 1. The number of hydrogen-bond donors (Lipinski definition) is 1. The summed E-state index contributed by atoms with van der Waals surface area (Å²) >= 11 is 5.45. The second-order valence-electron chi connectivity index (χ2n) is 5.50. The maximum absolute atomic E-state index is 3.78. The third kappa shape index (κ3) is 4.54. The van der Waals surface area contributed by atoms with E-state index in [1.54, 1.807) is 0 Å². The molecular weight excluding hydrogens is 344 g/mol. The highest BCUT2D eigenvalue weighted by atomic mass is 79.9. The van der Waals surface area contributed by atoms with Crippen molar-refractivity contribution in [2.75, 3.05) is 19.6 Å². The van der Waals surface area contributed by atoms with Crippen LogP contribution in [-0.4, -0.2) is 36.1 Å². The van der Waals surface area contributed by atoms with Crippen molar-refractivity contribution in [1.29, 1.82) is 0 Å². The van der Waals surface area contributed by atoms with Gasteiger partial charge in [-0.15, -0.1) is 11.3 Å². The molecule has 1 rings (SSSR count). The fourth-order valence-corrected chi connectivity index (χ4v) is 5.15. The molecule has 0 aliphatic heterocycles. The first-order valence-electron chi connectivity index (χ1n) is 8.30. The highest BCUT2D eigenvalue weighted by Gasteiger charge is 2.39. The summed E-state index contributed by atoms with van der Waals surface area (Å²) in [6.45, 7) is 14.7. The molecule has 0 aromatic carbocycles. The van der Waals surface area contributed by atoms with Gasteiger partial charge in [0.1, 0.15) is 0 Å². The summed E-state index contributed by atoms with van der Waals surface area (Å²) in [6, 6.07) is 4.93. The maximum atomic E-state index is 3.78. The first-order valence-corrected chi connectivity index (χ1v) is 9.91. The molecule has 0 bridgehead atoms. The van der Waals surface area contributed by atoms with Gasteiger partial charge >= 0.3 is 0 Å². The van der Waals surface area contributed by atoms with E-state index in [1.165, 1.54) is 21.5 Å². The van der Waals surface area contributed by atoms with Gasteiger partial charge in [-0.05, 0) is 67.0 Å². The van der Waals surface area contributed by atoms with Crippen LogP contribution in [0.15, 0.2) is 15.9 Å². The van der Waals surface area contributed by atoms with Crippen LogP contribution in [0.1, 0.15) is 52.3 Å². The summed E-state index contributed by atoms with van der Waals surface area (Å²) in [4.78, 5) is 4.12. The molecule has 1 aromatic heterocycles. The van der Waals surface area contributed by atoms with Gasteiger partial charge in [0.25, 0.3) is 0 Å². The largest absolute Gasteiger partial charge is 0.312 e.